The number of fused-ring (bicyclic) bond motifs is 1. The van der Waals surface area contributed by atoms with Crippen molar-refractivity contribution in [2.75, 3.05) is 18.6 Å². The molecule has 1 aromatic heterocycles. The zero-order valence-corrected chi connectivity index (χ0v) is 23.9. The highest BCUT2D eigenvalue weighted by Crippen LogP contribution is 2.19. The molecule has 2 aromatic rings. The second-order valence-electron chi connectivity index (χ2n) is 9.69. The summed E-state index contributed by atoms with van der Waals surface area (Å²) in [5.74, 6) is -4.10. The predicted molar refractivity (Wildman–Crippen MR) is 156 cm³/mol. The predicted octanol–water partition coefficient (Wildman–Crippen LogP) is 0.324. The van der Waals surface area contributed by atoms with Crippen LogP contribution in [0.3, 0.4) is 0 Å². The molecule has 3 amide bonds. The van der Waals surface area contributed by atoms with E-state index in [9.17, 15) is 34.2 Å². The van der Waals surface area contributed by atoms with Gasteiger partial charge in [-0.3, -0.25) is 19.2 Å². The van der Waals surface area contributed by atoms with Crippen LogP contribution in [0.15, 0.2) is 30.5 Å². The van der Waals surface area contributed by atoms with Gasteiger partial charge >= 0.3 is 11.9 Å². The summed E-state index contributed by atoms with van der Waals surface area (Å²) < 4.78 is 0. The van der Waals surface area contributed by atoms with Crippen molar-refractivity contribution >= 4 is 52.3 Å². The number of carboxylic acid groups (broad SMARTS) is 2. The second-order valence-corrected chi connectivity index (χ2v) is 10.7. The summed E-state index contributed by atoms with van der Waals surface area (Å²) >= 11 is 1.41. The number of aromatic amines is 1. The molecular weight excluding hydrogens is 552 g/mol. The molecule has 4 unspecified atom stereocenters. The third-order valence-corrected chi connectivity index (χ3v) is 7.19. The summed E-state index contributed by atoms with van der Waals surface area (Å²) in [6.07, 6.45) is 4.65. The van der Waals surface area contributed by atoms with Crippen LogP contribution in [0.5, 0.6) is 0 Å². The van der Waals surface area contributed by atoms with Crippen LogP contribution in [-0.2, 0) is 30.4 Å². The third-order valence-electron chi connectivity index (χ3n) is 6.54. The fourth-order valence-corrected chi connectivity index (χ4v) is 4.69. The number of amides is 3. The summed E-state index contributed by atoms with van der Waals surface area (Å²) in [5, 5.41) is 27.1. The average Bonchev–Trinajstić information content (AvgIpc) is 3.35. The maximum absolute atomic E-state index is 13.5. The third kappa shape index (κ3) is 11.1. The Kier molecular flexibility index (Phi) is 14.1. The Balaban J connectivity index is 2.28. The number of unbranched alkanes of at least 4 members (excludes halogenated alkanes) is 1. The normalized spacial score (nSPS) is 14.0. The van der Waals surface area contributed by atoms with E-state index in [4.69, 9.17) is 11.5 Å². The van der Waals surface area contributed by atoms with Crippen molar-refractivity contribution in [3.63, 3.8) is 0 Å². The summed E-state index contributed by atoms with van der Waals surface area (Å²) in [4.78, 5) is 65.5. The van der Waals surface area contributed by atoms with Gasteiger partial charge in [0.2, 0.25) is 17.7 Å². The number of carboxylic acids is 2. The lowest BCUT2D eigenvalue weighted by Gasteiger charge is -2.25. The monoisotopic (exact) mass is 592 g/mol. The van der Waals surface area contributed by atoms with Crippen LogP contribution in [0.1, 0.15) is 44.1 Å². The summed E-state index contributed by atoms with van der Waals surface area (Å²) in [7, 11) is 0. The summed E-state index contributed by atoms with van der Waals surface area (Å²) in [6.45, 7) is 0.458. The molecule has 14 heteroatoms. The molecule has 0 bridgehead atoms. The number of thioether (sulfide) groups is 1. The van der Waals surface area contributed by atoms with Gasteiger partial charge in [-0.1, -0.05) is 24.6 Å². The SMILES string of the molecule is CSCCC(NC(=O)C(CCC(=O)O)NC(=O)C(Cc1c[nH]c2ccccc12)NC(=O)C(N)CCCCN)C(=O)O. The van der Waals surface area contributed by atoms with E-state index in [1.807, 2.05) is 24.3 Å². The van der Waals surface area contributed by atoms with E-state index in [1.54, 1.807) is 12.5 Å². The minimum absolute atomic E-state index is 0.0514. The van der Waals surface area contributed by atoms with Crippen molar-refractivity contribution in [1.82, 2.24) is 20.9 Å². The standard InChI is InChI=1S/C27H40N6O7S/c1-41-13-11-21(27(39)40)32-25(37)20(9-10-23(34)35)31-26(38)22(33-24(36)18(29)7-4-5-12-28)14-16-15-30-19-8-3-2-6-17(16)19/h2-3,6,8,15,18,20-22,30H,4-5,7,9-14,28-29H2,1H3,(H,31,38)(H,32,37)(H,33,36)(H,34,35)(H,39,40). The molecule has 226 valence electrons. The van der Waals surface area contributed by atoms with Crippen LogP contribution < -0.4 is 27.4 Å². The van der Waals surface area contributed by atoms with E-state index in [0.29, 0.717) is 31.6 Å². The number of para-hydroxylation sites is 1. The van der Waals surface area contributed by atoms with Gasteiger partial charge in [0, 0.05) is 29.9 Å². The second kappa shape index (κ2) is 17.3. The van der Waals surface area contributed by atoms with Gasteiger partial charge in [0.05, 0.1) is 6.04 Å². The van der Waals surface area contributed by atoms with Gasteiger partial charge in [-0.2, -0.15) is 11.8 Å². The van der Waals surface area contributed by atoms with Crippen molar-refractivity contribution in [2.24, 2.45) is 11.5 Å². The fraction of sp³-hybridized carbons (Fsp3) is 0.519. The number of hydrogen-bond donors (Lipinski definition) is 8. The van der Waals surface area contributed by atoms with Crippen molar-refractivity contribution in [3.8, 4) is 0 Å². The van der Waals surface area contributed by atoms with Crippen LogP contribution in [0.4, 0.5) is 0 Å². The van der Waals surface area contributed by atoms with Crippen molar-refractivity contribution < 1.29 is 34.2 Å². The van der Waals surface area contributed by atoms with Gasteiger partial charge in [0.1, 0.15) is 18.1 Å². The van der Waals surface area contributed by atoms with E-state index >= 15 is 0 Å². The van der Waals surface area contributed by atoms with E-state index in [-0.39, 0.29) is 19.3 Å². The van der Waals surface area contributed by atoms with Crippen LogP contribution >= 0.6 is 11.8 Å². The van der Waals surface area contributed by atoms with Gasteiger partial charge in [-0.05, 0) is 55.9 Å². The van der Waals surface area contributed by atoms with Crippen LogP contribution in [0, 0.1) is 0 Å². The number of aromatic nitrogens is 1. The highest BCUT2D eigenvalue weighted by Gasteiger charge is 2.31. The topological polar surface area (TPSA) is 230 Å². The zero-order valence-electron chi connectivity index (χ0n) is 23.1. The summed E-state index contributed by atoms with van der Waals surface area (Å²) in [5.41, 5.74) is 13.1. The Bertz CT molecular complexity index is 1190. The number of nitrogens with one attached hydrogen (secondary N) is 4. The average molecular weight is 593 g/mol. The maximum Gasteiger partial charge on any atom is 0.326 e. The first-order valence-electron chi connectivity index (χ1n) is 13.4. The molecular formula is C27H40N6O7S. The molecule has 41 heavy (non-hydrogen) atoms. The Morgan fingerprint density at radius 3 is 2.22 bits per heavy atom. The first-order chi connectivity index (χ1) is 19.6. The number of hydrogen-bond acceptors (Lipinski definition) is 8. The molecule has 1 heterocycles. The van der Waals surface area contributed by atoms with Gasteiger partial charge < -0.3 is 42.6 Å². The lowest BCUT2D eigenvalue weighted by atomic mass is 10.0. The van der Waals surface area contributed by atoms with Gasteiger partial charge in [-0.15, -0.1) is 0 Å². The van der Waals surface area contributed by atoms with Crippen LogP contribution in [-0.4, -0.2) is 87.6 Å². The molecule has 13 nitrogen and oxygen atoms in total. The molecule has 0 aliphatic rings. The van der Waals surface area contributed by atoms with Crippen LogP contribution in [0.25, 0.3) is 10.9 Å². The molecule has 0 saturated heterocycles. The molecule has 0 radical (unpaired) electrons. The highest BCUT2D eigenvalue weighted by atomic mass is 32.2. The number of aliphatic carboxylic acids is 2. The number of carbonyl (C=O) groups is 5. The molecule has 0 spiro atoms. The summed E-state index contributed by atoms with van der Waals surface area (Å²) in [6, 6.07) is 2.80. The molecule has 1 aromatic carbocycles. The first kappa shape index (κ1) is 33.6. The number of nitrogens with two attached hydrogens (primary N) is 2. The molecule has 0 aliphatic carbocycles. The molecule has 0 fully saturated rings. The van der Waals surface area contributed by atoms with E-state index in [2.05, 4.69) is 20.9 Å². The lowest BCUT2D eigenvalue weighted by Crippen LogP contribution is -2.57. The van der Waals surface area contributed by atoms with E-state index < -0.39 is 60.2 Å². The fourth-order valence-electron chi connectivity index (χ4n) is 4.22. The molecule has 0 aliphatic heterocycles. The van der Waals surface area contributed by atoms with Gasteiger partial charge in [0.15, 0.2) is 0 Å². The Hall–Kier alpha value is -3.62. The molecule has 0 saturated carbocycles. The van der Waals surface area contributed by atoms with Crippen molar-refractivity contribution in [1.29, 1.82) is 0 Å². The Labute approximate surface area is 242 Å². The highest BCUT2D eigenvalue weighted by molar-refractivity contribution is 7.98. The smallest absolute Gasteiger partial charge is 0.326 e. The minimum atomic E-state index is -1.35. The number of rotatable bonds is 19. The maximum atomic E-state index is 13.5. The van der Waals surface area contributed by atoms with E-state index in [0.717, 1.165) is 16.5 Å². The van der Waals surface area contributed by atoms with Crippen LogP contribution in [0.2, 0.25) is 0 Å². The zero-order chi connectivity index (χ0) is 30.4. The number of H-pyrrole nitrogens is 1. The van der Waals surface area contributed by atoms with Gasteiger partial charge in [-0.25, -0.2) is 4.79 Å². The molecule has 4 atom stereocenters. The molecule has 10 N–H and O–H groups in total. The number of carbonyl (C=O) groups excluding carboxylic acids is 3. The Morgan fingerprint density at radius 1 is 0.902 bits per heavy atom. The Morgan fingerprint density at radius 2 is 1.56 bits per heavy atom. The minimum Gasteiger partial charge on any atom is -0.481 e. The quantitative estimate of drug-likeness (QED) is 0.104. The largest absolute Gasteiger partial charge is 0.481 e. The first-order valence-corrected chi connectivity index (χ1v) is 14.8. The number of benzene rings is 1. The lowest BCUT2D eigenvalue weighted by molar-refractivity contribution is -0.143. The molecule has 2 rings (SSSR count). The van der Waals surface area contributed by atoms with Crippen molar-refractivity contribution in [3.05, 3.63) is 36.0 Å². The van der Waals surface area contributed by atoms with Gasteiger partial charge in [0.25, 0.3) is 0 Å². The van der Waals surface area contributed by atoms with E-state index in [1.165, 1.54) is 11.8 Å². The van der Waals surface area contributed by atoms with Crippen molar-refractivity contribution in [2.45, 2.75) is 69.1 Å².